The summed E-state index contributed by atoms with van der Waals surface area (Å²) in [7, 11) is 0. The van der Waals surface area contributed by atoms with Crippen LogP contribution >= 0.6 is 0 Å². The number of benzene rings is 3. The van der Waals surface area contributed by atoms with Gasteiger partial charge in [-0.05, 0) is 55.3 Å². The van der Waals surface area contributed by atoms with Crippen molar-refractivity contribution in [2.24, 2.45) is 0 Å². The maximum atomic E-state index is 13.0. The summed E-state index contributed by atoms with van der Waals surface area (Å²) >= 11 is 0. The van der Waals surface area contributed by atoms with Crippen LogP contribution in [0.4, 0.5) is 24.5 Å². The summed E-state index contributed by atoms with van der Waals surface area (Å²) in [5.74, 6) is -0.344. The molecule has 5 nitrogen and oxygen atoms in total. The Morgan fingerprint density at radius 1 is 0.853 bits per heavy atom. The summed E-state index contributed by atoms with van der Waals surface area (Å²) in [6, 6.07) is 20.5. The highest BCUT2D eigenvalue weighted by Crippen LogP contribution is 2.32. The van der Waals surface area contributed by atoms with E-state index in [0.29, 0.717) is 42.7 Å². The summed E-state index contributed by atoms with van der Waals surface area (Å²) < 4.78 is 39.1. The van der Waals surface area contributed by atoms with Gasteiger partial charge in [0.05, 0.1) is 16.8 Å². The molecular formula is C26H24F3N3O2. The third kappa shape index (κ3) is 5.57. The number of para-hydroxylation sites is 1. The number of nitrogens with one attached hydrogen (secondary N) is 2. The van der Waals surface area contributed by atoms with E-state index >= 15 is 0 Å². The van der Waals surface area contributed by atoms with Crippen molar-refractivity contribution in [3.05, 3.63) is 95.6 Å². The highest BCUT2D eigenvalue weighted by molar-refractivity contribution is 6.00. The smallest absolute Gasteiger partial charge is 0.355 e. The van der Waals surface area contributed by atoms with Crippen molar-refractivity contribution < 1.29 is 22.8 Å². The van der Waals surface area contributed by atoms with Gasteiger partial charge in [0.25, 0.3) is 11.8 Å². The van der Waals surface area contributed by atoms with Crippen LogP contribution in [0.1, 0.15) is 39.1 Å². The third-order valence-corrected chi connectivity index (χ3v) is 5.78. The first-order chi connectivity index (χ1) is 16.3. The van der Waals surface area contributed by atoms with E-state index in [2.05, 4.69) is 10.6 Å². The minimum Gasteiger partial charge on any atom is -0.355 e. The topological polar surface area (TPSA) is 61.4 Å². The van der Waals surface area contributed by atoms with E-state index in [-0.39, 0.29) is 23.5 Å². The Morgan fingerprint density at radius 3 is 2.24 bits per heavy atom. The molecule has 0 saturated carbocycles. The van der Waals surface area contributed by atoms with Gasteiger partial charge in [0.1, 0.15) is 0 Å². The van der Waals surface area contributed by atoms with Crippen LogP contribution in [0.15, 0.2) is 78.9 Å². The van der Waals surface area contributed by atoms with Crippen molar-refractivity contribution in [3.8, 4) is 0 Å². The van der Waals surface area contributed by atoms with Gasteiger partial charge in [0.2, 0.25) is 0 Å². The minimum absolute atomic E-state index is 0.0268. The van der Waals surface area contributed by atoms with E-state index in [1.807, 2.05) is 18.2 Å². The van der Waals surface area contributed by atoms with E-state index in [1.54, 1.807) is 41.3 Å². The van der Waals surface area contributed by atoms with Crippen LogP contribution in [0.2, 0.25) is 0 Å². The van der Waals surface area contributed by atoms with Crippen molar-refractivity contribution in [1.29, 1.82) is 0 Å². The summed E-state index contributed by atoms with van der Waals surface area (Å²) in [5.41, 5.74) is 0.859. The second-order valence-corrected chi connectivity index (χ2v) is 8.16. The van der Waals surface area contributed by atoms with Crippen LogP contribution in [0.3, 0.4) is 0 Å². The van der Waals surface area contributed by atoms with Gasteiger partial charge in [-0.3, -0.25) is 9.59 Å². The predicted octanol–water partition coefficient (Wildman–Crippen LogP) is 5.48. The Morgan fingerprint density at radius 2 is 1.53 bits per heavy atom. The molecule has 2 N–H and O–H groups in total. The van der Waals surface area contributed by atoms with Crippen LogP contribution in [-0.2, 0) is 6.18 Å². The molecule has 0 unspecified atom stereocenters. The number of rotatable bonds is 5. The summed E-state index contributed by atoms with van der Waals surface area (Å²) in [6.45, 7) is 1.06. The number of hydrogen-bond donors (Lipinski definition) is 2. The van der Waals surface area contributed by atoms with Gasteiger partial charge in [-0.2, -0.15) is 13.2 Å². The molecule has 0 aromatic heterocycles. The number of anilines is 2. The first-order valence-electron chi connectivity index (χ1n) is 11.0. The first-order valence-corrected chi connectivity index (χ1v) is 11.0. The summed E-state index contributed by atoms with van der Waals surface area (Å²) in [4.78, 5) is 27.4. The lowest BCUT2D eigenvalue weighted by molar-refractivity contribution is -0.137. The van der Waals surface area contributed by atoms with Gasteiger partial charge in [-0.1, -0.05) is 36.4 Å². The van der Waals surface area contributed by atoms with Crippen molar-refractivity contribution >= 4 is 23.2 Å². The third-order valence-electron chi connectivity index (χ3n) is 5.78. The van der Waals surface area contributed by atoms with Crippen LogP contribution < -0.4 is 10.6 Å². The fourth-order valence-electron chi connectivity index (χ4n) is 3.97. The molecule has 0 bridgehead atoms. The van der Waals surface area contributed by atoms with Crippen LogP contribution in [0.5, 0.6) is 0 Å². The van der Waals surface area contributed by atoms with E-state index in [4.69, 9.17) is 0 Å². The molecule has 1 aliphatic rings. The molecule has 0 atom stereocenters. The largest absolute Gasteiger partial charge is 0.416 e. The Hall–Kier alpha value is -3.81. The van der Waals surface area contributed by atoms with Gasteiger partial charge < -0.3 is 15.5 Å². The lowest BCUT2D eigenvalue weighted by atomic mass is 10.0. The second kappa shape index (κ2) is 9.99. The number of amides is 2. The molecule has 1 heterocycles. The van der Waals surface area contributed by atoms with Gasteiger partial charge in [-0.15, -0.1) is 0 Å². The lowest BCUT2D eigenvalue weighted by Crippen LogP contribution is -2.46. The lowest BCUT2D eigenvalue weighted by Gasteiger charge is -2.32. The quantitative estimate of drug-likeness (QED) is 0.522. The number of carbonyl (C=O) groups is 2. The van der Waals surface area contributed by atoms with Crippen LogP contribution in [0, 0.1) is 0 Å². The van der Waals surface area contributed by atoms with Gasteiger partial charge >= 0.3 is 6.18 Å². The van der Waals surface area contributed by atoms with Gasteiger partial charge in [0, 0.05) is 30.4 Å². The Kier molecular flexibility index (Phi) is 6.86. The molecule has 4 rings (SSSR count). The standard InChI is InChI=1S/C26H24F3N3O2/c27-26(28,29)19-9-6-10-21(17-19)30-23-12-5-4-11-22(23)24(33)31-20-13-15-32(16-14-20)25(34)18-7-2-1-3-8-18/h1-12,17,20,30H,13-16H2,(H,31,33). The molecule has 176 valence electrons. The molecule has 8 heteroatoms. The number of hydrogen-bond acceptors (Lipinski definition) is 3. The molecule has 1 aliphatic heterocycles. The number of halogens is 3. The average molecular weight is 467 g/mol. The van der Waals surface area contributed by atoms with E-state index in [0.717, 1.165) is 12.1 Å². The first kappa shape index (κ1) is 23.4. The fraction of sp³-hybridized carbons (Fsp3) is 0.231. The zero-order valence-electron chi connectivity index (χ0n) is 18.3. The predicted molar refractivity (Wildman–Crippen MR) is 124 cm³/mol. The summed E-state index contributed by atoms with van der Waals surface area (Å²) in [5, 5.41) is 5.93. The van der Waals surface area contributed by atoms with E-state index in [9.17, 15) is 22.8 Å². The van der Waals surface area contributed by atoms with Crippen LogP contribution in [0.25, 0.3) is 0 Å². The minimum atomic E-state index is -4.45. The van der Waals surface area contributed by atoms with Crippen molar-refractivity contribution in [2.75, 3.05) is 18.4 Å². The van der Waals surface area contributed by atoms with Crippen molar-refractivity contribution in [3.63, 3.8) is 0 Å². The molecule has 3 aromatic rings. The Balaban J connectivity index is 1.39. The molecule has 0 radical (unpaired) electrons. The zero-order valence-corrected chi connectivity index (χ0v) is 18.3. The number of alkyl halides is 3. The fourth-order valence-corrected chi connectivity index (χ4v) is 3.97. The highest BCUT2D eigenvalue weighted by atomic mass is 19.4. The second-order valence-electron chi connectivity index (χ2n) is 8.16. The molecule has 3 aromatic carbocycles. The molecule has 34 heavy (non-hydrogen) atoms. The van der Waals surface area contributed by atoms with E-state index < -0.39 is 11.7 Å². The molecule has 0 spiro atoms. The average Bonchev–Trinajstić information content (AvgIpc) is 2.84. The van der Waals surface area contributed by atoms with Crippen molar-refractivity contribution in [2.45, 2.75) is 25.1 Å². The monoisotopic (exact) mass is 467 g/mol. The maximum absolute atomic E-state index is 13.0. The van der Waals surface area contributed by atoms with Gasteiger partial charge in [0.15, 0.2) is 0 Å². The molecular weight excluding hydrogens is 443 g/mol. The molecule has 0 aliphatic carbocycles. The molecule has 2 amide bonds. The zero-order chi connectivity index (χ0) is 24.1. The maximum Gasteiger partial charge on any atom is 0.416 e. The Bertz CT molecular complexity index is 1160. The molecule has 1 fully saturated rings. The van der Waals surface area contributed by atoms with E-state index in [1.165, 1.54) is 12.1 Å². The number of likely N-dealkylation sites (tertiary alicyclic amines) is 1. The number of piperidine rings is 1. The number of nitrogens with zero attached hydrogens (tertiary/aromatic N) is 1. The highest BCUT2D eigenvalue weighted by Gasteiger charge is 2.30. The van der Waals surface area contributed by atoms with Crippen molar-refractivity contribution in [1.82, 2.24) is 10.2 Å². The number of carbonyl (C=O) groups excluding carboxylic acids is 2. The molecule has 1 saturated heterocycles. The normalized spacial score (nSPS) is 14.5. The summed E-state index contributed by atoms with van der Waals surface area (Å²) in [6.07, 6.45) is -3.22. The SMILES string of the molecule is O=C(NC1CCN(C(=O)c2ccccc2)CC1)c1ccccc1Nc1cccc(C(F)(F)F)c1. The Labute approximate surface area is 195 Å². The van der Waals surface area contributed by atoms with Gasteiger partial charge in [-0.25, -0.2) is 0 Å². The van der Waals surface area contributed by atoms with Crippen LogP contribution in [-0.4, -0.2) is 35.8 Å².